The minimum Gasteiger partial charge on any atom is -0.379 e. The van der Waals surface area contributed by atoms with Gasteiger partial charge in [0.2, 0.25) is 0 Å². The third-order valence-electron chi connectivity index (χ3n) is 3.29. The van der Waals surface area contributed by atoms with Crippen molar-refractivity contribution in [2.45, 2.75) is 39.0 Å². The Kier molecular flexibility index (Phi) is 20.9. The standard InChI is InChI=1S/C17H31N3O5S2/c1-2-16(21)6-15-27-26-14-3-4-17(22)5-8-23-10-12-25-13-11-24-9-7-19-20-18/h2-15H2,1H3. The second-order valence-electron chi connectivity index (χ2n) is 5.47. The summed E-state index contributed by atoms with van der Waals surface area (Å²) in [5.41, 5.74) is 8.08. The molecule has 0 aliphatic rings. The van der Waals surface area contributed by atoms with Crippen molar-refractivity contribution in [3.63, 3.8) is 0 Å². The zero-order valence-corrected chi connectivity index (χ0v) is 17.7. The third-order valence-corrected chi connectivity index (χ3v) is 5.79. The summed E-state index contributed by atoms with van der Waals surface area (Å²) < 4.78 is 15.9. The Balaban J connectivity index is 3.21. The van der Waals surface area contributed by atoms with Crippen LogP contribution in [0.1, 0.15) is 39.0 Å². The molecule has 0 aromatic rings. The molecular formula is C17H31N3O5S2. The van der Waals surface area contributed by atoms with Gasteiger partial charge in [0, 0.05) is 48.6 Å². The lowest BCUT2D eigenvalue weighted by atomic mass is 10.2. The van der Waals surface area contributed by atoms with E-state index in [9.17, 15) is 9.59 Å². The first-order valence-corrected chi connectivity index (χ1v) is 11.7. The van der Waals surface area contributed by atoms with Gasteiger partial charge in [0.15, 0.2) is 0 Å². The lowest BCUT2D eigenvalue weighted by Crippen LogP contribution is -2.12. The Morgan fingerprint density at radius 2 is 1.48 bits per heavy atom. The van der Waals surface area contributed by atoms with Gasteiger partial charge in [0.1, 0.15) is 11.6 Å². The van der Waals surface area contributed by atoms with Crippen LogP contribution in [0.4, 0.5) is 0 Å². The largest absolute Gasteiger partial charge is 0.379 e. The molecule has 0 rings (SSSR count). The predicted octanol–water partition coefficient (Wildman–Crippen LogP) is 3.84. The molecule has 0 atom stereocenters. The van der Waals surface area contributed by atoms with Gasteiger partial charge < -0.3 is 14.2 Å². The van der Waals surface area contributed by atoms with E-state index in [1.807, 2.05) is 6.92 Å². The zero-order valence-electron chi connectivity index (χ0n) is 16.1. The molecule has 0 saturated carbocycles. The van der Waals surface area contributed by atoms with E-state index in [0.29, 0.717) is 77.7 Å². The first kappa shape index (κ1) is 26.2. The number of nitrogens with zero attached hydrogens (tertiary/aromatic N) is 3. The SMILES string of the molecule is CCC(=O)CCSSCCCC(=O)CCOCCOCCOCCN=[N+]=[N-]. The molecule has 0 aliphatic heterocycles. The van der Waals surface area contributed by atoms with Crippen LogP contribution in [0.3, 0.4) is 0 Å². The van der Waals surface area contributed by atoms with Crippen molar-refractivity contribution in [2.75, 3.05) is 57.7 Å². The van der Waals surface area contributed by atoms with Crippen molar-refractivity contribution in [3.8, 4) is 0 Å². The Bertz CT molecular complexity index is 435. The summed E-state index contributed by atoms with van der Waals surface area (Å²) in [5.74, 6) is 2.30. The smallest absolute Gasteiger partial charge is 0.135 e. The fourth-order valence-electron chi connectivity index (χ4n) is 1.78. The van der Waals surface area contributed by atoms with Crippen LogP contribution in [0.25, 0.3) is 10.4 Å². The Labute approximate surface area is 169 Å². The molecule has 156 valence electrons. The molecule has 0 aromatic carbocycles. The molecule has 0 saturated heterocycles. The maximum absolute atomic E-state index is 11.7. The highest BCUT2D eigenvalue weighted by molar-refractivity contribution is 8.76. The van der Waals surface area contributed by atoms with Crippen LogP contribution in [0.5, 0.6) is 0 Å². The molecule has 0 heterocycles. The van der Waals surface area contributed by atoms with Crippen LogP contribution in [0, 0.1) is 0 Å². The Hall–Kier alpha value is -0.770. The van der Waals surface area contributed by atoms with Crippen LogP contribution >= 0.6 is 21.6 Å². The molecule has 0 radical (unpaired) electrons. The number of carbonyl (C=O) groups is 2. The number of rotatable bonds is 21. The van der Waals surface area contributed by atoms with Crippen LogP contribution in [-0.4, -0.2) is 69.3 Å². The van der Waals surface area contributed by atoms with E-state index >= 15 is 0 Å². The lowest BCUT2D eigenvalue weighted by Gasteiger charge is -2.06. The van der Waals surface area contributed by atoms with Gasteiger partial charge >= 0.3 is 0 Å². The molecule has 0 N–H and O–H groups in total. The van der Waals surface area contributed by atoms with Crippen molar-refractivity contribution < 1.29 is 23.8 Å². The molecule has 0 amide bonds. The fourth-order valence-corrected chi connectivity index (χ4v) is 3.90. The molecule has 8 nitrogen and oxygen atoms in total. The van der Waals surface area contributed by atoms with Gasteiger partial charge in [-0.05, 0) is 12.0 Å². The van der Waals surface area contributed by atoms with E-state index in [4.69, 9.17) is 19.7 Å². The zero-order chi connectivity index (χ0) is 20.0. The average Bonchev–Trinajstić information content (AvgIpc) is 2.67. The van der Waals surface area contributed by atoms with Gasteiger partial charge in [0.05, 0.1) is 39.6 Å². The summed E-state index contributed by atoms with van der Waals surface area (Å²) in [6.45, 7) is 4.84. The number of hydrogen-bond donors (Lipinski definition) is 0. The number of Topliss-reactive ketones (excluding diaryl/α,β-unsaturated/α-hetero) is 2. The topological polar surface area (TPSA) is 111 Å². The summed E-state index contributed by atoms with van der Waals surface area (Å²) >= 11 is 0. The van der Waals surface area contributed by atoms with Gasteiger partial charge in [-0.15, -0.1) is 0 Å². The van der Waals surface area contributed by atoms with E-state index in [0.717, 1.165) is 17.9 Å². The number of azide groups is 1. The van der Waals surface area contributed by atoms with Gasteiger partial charge in [-0.2, -0.15) is 0 Å². The second-order valence-corrected chi connectivity index (χ2v) is 8.17. The molecule has 0 unspecified atom stereocenters. The Morgan fingerprint density at radius 1 is 0.852 bits per heavy atom. The first-order chi connectivity index (χ1) is 13.2. The minimum atomic E-state index is 0.219. The van der Waals surface area contributed by atoms with Crippen molar-refractivity contribution in [2.24, 2.45) is 5.11 Å². The quantitative estimate of drug-likeness (QED) is 0.0910. The number of carbonyl (C=O) groups excluding carboxylic acids is 2. The summed E-state index contributed by atoms with van der Waals surface area (Å²) in [7, 11) is 3.43. The lowest BCUT2D eigenvalue weighted by molar-refractivity contribution is -0.120. The van der Waals surface area contributed by atoms with E-state index in [2.05, 4.69) is 10.0 Å². The predicted molar refractivity (Wildman–Crippen MR) is 110 cm³/mol. The van der Waals surface area contributed by atoms with Gasteiger partial charge in [-0.1, -0.05) is 33.6 Å². The third kappa shape index (κ3) is 21.4. The monoisotopic (exact) mass is 421 g/mol. The molecule has 27 heavy (non-hydrogen) atoms. The number of ether oxygens (including phenoxy) is 3. The second kappa shape index (κ2) is 21.5. The Morgan fingerprint density at radius 3 is 2.15 bits per heavy atom. The van der Waals surface area contributed by atoms with Crippen LogP contribution in [0.2, 0.25) is 0 Å². The van der Waals surface area contributed by atoms with Crippen molar-refractivity contribution in [1.29, 1.82) is 0 Å². The van der Waals surface area contributed by atoms with Crippen molar-refractivity contribution >= 4 is 33.2 Å². The van der Waals surface area contributed by atoms with Crippen LogP contribution in [0.15, 0.2) is 5.11 Å². The first-order valence-electron chi connectivity index (χ1n) is 9.22. The van der Waals surface area contributed by atoms with Gasteiger partial charge in [-0.3, -0.25) is 9.59 Å². The summed E-state index contributed by atoms with van der Waals surface area (Å²) in [6.07, 6.45) is 3.13. The molecular weight excluding hydrogens is 390 g/mol. The maximum atomic E-state index is 11.7. The molecule has 0 aromatic heterocycles. The van der Waals surface area contributed by atoms with Gasteiger partial charge in [-0.25, -0.2) is 0 Å². The molecule has 0 bridgehead atoms. The van der Waals surface area contributed by atoms with Crippen LogP contribution < -0.4 is 0 Å². The minimum absolute atomic E-state index is 0.219. The summed E-state index contributed by atoms with van der Waals surface area (Å²) in [4.78, 5) is 25.5. The molecule has 0 fully saturated rings. The van der Waals surface area contributed by atoms with Crippen LogP contribution in [-0.2, 0) is 23.8 Å². The number of hydrogen-bond acceptors (Lipinski definition) is 8. The highest BCUT2D eigenvalue weighted by Crippen LogP contribution is 2.23. The van der Waals surface area contributed by atoms with E-state index in [-0.39, 0.29) is 5.78 Å². The molecule has 0 spiro atoms. The maximum Gasteiger partial charge on any atom is 0.135 e. The van der Waals surface area contributed by atoms with Gasteiger partial charge in [0.25, 0.3) is 0 Å². The molecule has 0 aliphatic carbocycles. The van der Waals surface area contributed by atoms with E-state index in [1.54, 1.807) is 21.6 Å². The summed E-state index contributed by atoms with van der Waals surface area (Å²) in [5, 5.41) is 3.35. The van der Waals surface area contributed by atoms with E-state index in [1.165, 1.54) is 0 Å². The summed E-state index contributed by atoms with van der Waals surface area (Å²) in [6, 6.07) is 0. The van der Waals surface area contributed by atoms with Crippen molar-refractivity contribution in [3.05, 3.63) is 10.4 Å². The molecule has 10 heteroatoms. The number of ketones is 2. The normalized spacial score (nSPS) is 10.6. The fraction of sp³-hybridized carbons (Fsp3) is 0.882. The highest BCUT2D eigenvalue weighted by Gasteiger charge is 2.03. The van der Waals surface area contributed by atoms with Crippen molar-refractivity contribution in [1.82, 2.24) is 0 Å². The van der Waals surface area contributed by atoms with E-state index < -0.39 is 0 Å². The average molecular weight is 422 g/mol. The highest BCUT2D eigenvalue weighted by atomic mass is 33.1.